The molecule has 2 heterocycles. The Morgan fingerprint density at radius 2 is 1.70 bits per heavy atom. The Bertz CT molecular complexity index is 1210. The first-order valence-electron chi connectivity index (χ1n) is 11.4. The second-order valence-corrected chi connectivity index (χ2v) is 10.4. The number of furan rings is 1. The highest BCUT2D eigenvalue weighted by atomic mass is 16.5. The molecule has 0 atom stereocenters. The lowest BCUT2D eigenvalue weighted by Crippen LogP contribution is -2.34. The summed E-state index contributed by atoms with van der Waals surface area (Å²) in [6.45, 7) is 13.3. The van der Waals surface area contributed by atoms with Crippen molar-refractivity contribution in [3.05, 3.63) is 69.8 Å². The molecule has 0 saturated carbocycles. The van der Waals surface area contributed by atoms with Gasteiger partial charge in [-0.2, -0.15) is 4.98 Å². The van der Waals surface area contributed by atoms with Crippen molar-refractivity contribution in [1.29, 1.82) is 0 Å². The molecule has 0 fully saturated rings. The molecule has 1 amide bonds. The van der Waals surface area contributed by atoms with Crippen molar-refractivity contribution in [2.75, 3.05) is 12.4 Å². The first-order chi connectivity index (χ1) is 15.5. The molecule has 33 heavy (non-hydrogen) atoms. The molecule has 0 aliphatic heterocycles. The topological polar surface area (TPSA) is 77.2 Å². The van der Waals surface area contributed by atoms with Crippen LogP contribution in [0.5, 0.6) is 5.88 Å². The SMILES string of the molecule is COc1cc(C)nc(NC(=O)c2ccc(Cc3cc4c(cc3C)C(C)(C)CCC4(C)C)o2)n1. The number of hydrogen-bond donors (Lipinski definition) is 1. The van der Waals surface area contributed by atoms with Crippen molar-refractivity contribution in [2.24, 2.45) is 0 Å². The number of amides is 1. The van der Waals surface area contributed by atoms with E-state index in [1.165, 1.54) is 42.2 Å². The Labute approximate surface area is 195 Å². The number of carbonyl (C=O) groups excluding carboxylic acids is 1. The van der Waals surface area contributed by atoms with E-state index in [-0.39, 0.29) is 28.4 Å². The van der Waals surface area contributed by atoms with E-state index in [0.29, 0.717) is 18.0 Å². The quantitative estimate of drug-likeness (QED) is 0.528. The van der Waals surface area contributed by atoms with Crippen LogP contribution in [0.4, 0.5) is 5.95 Å². The summed E-state index contributed by atoms with van der Waals surface area (Å²) in [4.78, 5) is 21.1. The van der Waals surface area contributed by atoms with Gasteiger partial charge in [-0.1, -0.05) is 39.8 Å². The van der Waals surface area contributed by atoms with Gasteiger partial charge in [0.2, 0.25) is 11.8 Å². The van der Waals surface area contributed by atoms with Gasteiger partial charge in [0.1, 0.15) is 5.76 Å². The fraction of sp³-hybridized carbons (Fsp3) is 0.444. The molecule has 6 heteroatoms. The van der Waals surface area contributed by atoms with Crippen LogP contribution in [0.2, 0.25) is 0 Å². The predicted molar refractivity (Wildman–Crippen MR) is 129 cm³/mol. The highest BCUT2D eigenvalue weighted by Crippen LogP contribution is 2.46. The molecule has 0 spiro atoms. The number of ether oxygens (including phenoxy) is 1. The number of benzene rings is 1. The minimum atomic E-state index is -0.390. The number of nitrogens with zero attached hydrogens (tertiary/aromatic N) is 2. The number of aryl methyl sites for hydroxylation is 2. The Kier molecular flexibility index (Phi) is 5.81. The maximum atomic E-state index is 12.7. The lowest BCUT2D eigenvalue weighted by atomic mass is 9.62. The molecule has 6 nitrogen and oxygen atoms in total. The fourth-order valence-corrected chi connectivity index (χ4v) is 4.60. The zero-order valence-corrected chi connectivity index (χ0v) is 20.6. The van der Waals surface area contributed by atoms with Crippen molar-refractivity contribution >= 4 is 11.9 Å². The molecule has 1 aliphatic rings. The normalized spacial score (nSPS) is 16.2. The standard InChI is InChI=1S/C27H33N3O3/c1-16-12-20-21(27(5,6)11-10-26(20,3)4)15-18(16)14-19-8-9-22(33-19)24(31)30-25-28-17(2)13-23(29-25)32-7/h8-9,12-13,15H,10-11,14H2,1-7H3,(H,28,29,30,31). The molecule has 4 rings (SSSR count). The average molecular weight is 448 g/mol. The van der Waals surface area contributed by atoms with E-state index in [9.17, 15) is 4.79 Å². The zero-order chi connectivity index (χ0) is 24.0. The monoisotopic (exact) mass is 447 g/mol. The molecule has 174 valence electrons. The summed E-state index contributed by atoms with van der Waals surface area (Å²) in [5, 5.41) is 2.69. The van der Waals surface area contributed by atoms with Gasteiger partial charge in [0.25, 0.3) is 5.91 Å². The van der Waals surface area contributed by atoms with E-state index < -0.39 is 0 Å². The van der Waals surface area contributed by atoms with Crippen LogP contribution < -0.4 is 10.1 Å². The molecule has 1 aliphatic carbocycles. The van der Waals surface area contributed by atoms with Crippen LogP contribution in [-0.2, 0) is 17.3 Å². The van der Waals surface area contributed by atoms with Gasteiger partial charge in [0.15, 0.2) is 5.76 Å². The minimum Gasteiger partial charge on any atom is -0.481 e. The van der Waals surface area contributed by atoms with Crippen molar-refractivity contribution < 1.29 is 13.9 Å². The van der Waals surface area contributed by atoms with Gasteiger partial charge in [-0.3, -0.25) is 10.1 Å². The second kappa shape index (κ2) is 8.32. The molecular formula is C27H33N3O3. The maximum Gasteiger partial charge on any atom is 0.293 e. The number of rotatable bonds is 5. The van der Waals surface area contributed by atoms with Gasteiger partial charge in [-0.15, -0.1) is 0 Å². The van der Waals surface area contributed by atoms with Gasteiger partial charge < -0.3 is 9.15 Å². The molecule has 0 saturated heterocycles. The fourth-order valence-electron chi connectivity index (χ4n) is 4.60. The second-order valence-electron chi connectivity index (χ2n) is 10.4. The van der Waals surface area contributed by atoms with Crippen LogP contribution in [0.15, 0.2) is 34.7 Å². The van der Waals surface area contributed by atoms with Crippen LogP contribution in [0.3, 0.4) is 0 Å². The number of anilines is 1. The third-order valence-corrected chi connectivity index (χ3v) is 6.82. The Balaban J connectivity index is 1.56. The van der Waals surface area contributed by atoms with E-state index in [1.807, 2.05) is 13.0 Å². The first kappa shape index (κ1) is 23.0. The largest absolute Gasteiger partial charge is 0.481 e. The summed E-state index contributed by atoms with van der Waals surface area (Å²) in [7, 11) is 1.52. The molecule has 0 unspecified atom stereocenters. The van der Waals surface area contributed by atoms with E-state index in [1.54, 1.807) is 12.1 Å². The molecule has 1 N–H and O–H groups in total. The van der Waals surface area contributed by atoms with E-state index in [0.717, 1.165) is 5.76 Å². The molecule has 0 radical (unpaired) electrons. The predicted octanol–water partition coefficient (Wildman–Crippen LogP) is 5.89. The first-order valence-corrected chi connectivity index (χ1v) is 11.4. The van der Waals surface area contributed by atoms with Gasteiger partial charge in [-0.05, 0) is 71.9 Å². The Morgan fingerprint density at radius 3 is 2.36 bits per heavy atom. The number of nitrogens with one attached hydrogen (secondary N) is 1. The van der Waals surface area contributed by atoms with E-state index >= 15 is 0 Å². The summed E-state index contributed by atoms with van der Waals surface area (Å²) in [6, 6.07) is 9.95. The molecule has 0 bridgehead atoms. The van der Waals surface area contributed by atoms with Crippen molar-refractivity contribution in [3.8, 4) is 5.88 Å². The third-order valence-electron chi connectivity index (χ3n) is 6.82. The van der Waals surface area contributed by atoms with Crippen LogP contribution >= 0.6 is 0 Å². The molecule has 1 aromatic carbocycles. The van der Waals surface area contributed by atoms with Gasteiger partial charge in [0, 0.05) is 18.2 Å². The summed E-state index contributed by atoms with van der Waals surface area (Å²) < 4.78 is 11.0. The number of fused-ring (bicyclic) bond motifs is 1. The molecule has 3 aromatic rings. The van der Waals surface area contributed by atoms with Crippen molar-refractivity contribution in [1.82, 2.24) is 9.97 Å². The van der Waals surface area contributed by atoms with Gasteiger partial charge in [0.05, 0.1) is 7.11 Å². The summed E-state index contributed by atoms with van der Waals surface area (Å²) in [5.74, 6) is 1.17. The van der Waals surface area contributed by atoms with Crippen LogP contribution in [-0.4, -0.2) is 23.0 Å². The Hall–Kier alpha value is -3.15. The van der Waals surface area contributed by atoms with Crippen LogP contribution in [0, 0.1) is 13.8 Å². The summed E-state index contributed by atoms with van der Waals surface area (Å²) in [5.41, 5.74) is 6.39. The summed E-state index contributed by atoms with van der Waals surface area (Å²) >= 11 is 0. The number of aromatic nitrogens is 2. The van der Waals surface area contributed by atoms with Gasteiger partial charge in [-0.25, -0.2) is 4.98 Å². The highest BCUT2D eigenvalue weighted by Gasteiger charge is 2.37. The molecule has 2 aromatic heterocycles. The summed E-state index contributed by atoms with van der Waals surface area (Å²) in [6.07, 6.45) is 3.00. The third kappa shape index (κ3) is 4.65. The zero-order valence-electron chi connectivity index (χ0n) is 20.6. The lowest BCUT2D eigenvalue weighted by molar-refractivity contribution is 0.0994. The number of hydrogen-bond acceptors (Lipinski definition) is 5. The van der Waals surface area contributed by atoms with Crippen LogP contribution in [0.25, 0.3) is 0 Å². The smallest absolute Gasteiger partial charge is 0.293 e. The van der Waals surface area contributed by atoms with Gasteiger partial charge >= 0.3 is 0 Å². The van der Waals surface area contributed by atoms with E-state index in [4.69, 9.17) is 9.15 Å². The molecular weight excluding hydrogens is 414 g/mol. The Morgan fingerprint density at radius 1 is 1.03 bits per heavy atom. The number of carbonyl (C=O) groups is 1. The lowest BCUT2D eigenvalue weighted by Gasteiger charge is -2.42. The minimum absolute atomic E-state index is 0.149. The van der Waals surface area contributed by atoms with Crippen LogP contribution in [0.1, 0.15) is 84.8 Å². The maximum absolute atomic E-state index is 12.7. The van der Waals surface area contributed by atoms with Crippen molar-refractivity contribution in [2.45, 2.75) is 71.6 Å². The average Bonchev–Trinajstić information content (AvgIpc) is 3.21. The van der Waals surface area contributed by atoms with E-state index in [2.05, 4.69) is 62.0 Å². The highest BCUT2D eigenvalue weighted by molar-refractivity contribution is 6.01. The number of methoxy groups -OCH3 is 1. The van der Waals surface area contributed by atoms with Crippen molar-refractivity contribution in [3.63, 3.8) is 0 Å².